The summed E-state index contributed by atoms with van der Waals surface area (Å²) in [4.78, 5) is 117. The van der Waals surface area contributed by atoms with Crippen LogP contribution in [0.2, 0.25) is 0 Å². The monoisotopic (exact) mass is 926 g/mol. The molecule has 2 rings (SSSR count). The molecule has 0 spiro atoms. The Morgan fingerprint density at radius 3 is 1.52 bits per heavy atom. The Balaban J connectivity index is 2.35. The summed E-state index contributed by atoms with van der Waals surface area (Å²) in [6.45, 7) is 5.98. The van der Waals surface area contributed by atoms with Crippen molar-refractivity contribution in [2.75, 3.05) is 19.6 Å². The zero-order valence-electron chi connectivity index (χ0n) is 37.8. The molecule has 22 nitrogen and oxygen atoms in total. The van der Waals surface area contributed by atoms with Gasteiger partial charge in [-0.15, -0.1) is 0 Å². The summed E-state index contributed by atoms with van der Waals surface area (Å²) in [6, 6.07) is 3.75. The highest BCUT2D eigenvalue weighted by Crippen LogP contribution is 2.15. The van der Waals surface area contributed by atoms with E-state index in [1.165, 1.54) is 48.5 Å². The second-order valence-corrected chi connectivity index (χ2v) is 16.6. The molecule has 2 aromatic carbocycles. The standard InChI is InChI=1S/C44H66N10O12/c1-24(2)19-34(44(65)66)51-37(59)23-49-40(61)31(16-17-35(47)57)52-41(62)33(21-27-10-14-29(56)15-11-27)53-43(64)38(25(3)4)54-42(63)32(20-26-8-12-28(55)13-9-26)50-36(58)22-48-39(60)30(46)7-5-6-18-45/h8-15,24-25,30-34,38,55-56H,5-7,16-23,45-46H2,1-4H3,(H2,47,57)(H,48,60)(H,49,61)(H,50,58)(H,51,59)(H,52,62)(H,53,64)(H,54,63)(H,65,66)/t30-,31-,32-,33-,34-,38-/m0/s1. The Morgan fingerprint density at radius 2 is 1.05 bits per heavy atom. The van der Waals surface area contributed by atoms with Crippen LogP contribution in [0, 0.1) is 11.8 Å². The molecule has 0 radical (unpaired) electrons. The molecule has 0 saturated heterocycles. The number of hydrogen-bond acceptors (Lipinski definition) is 13. The Bertz CT molecular complexity index is 1960. The average molecular weight is 927 g/mol. The van der Waals surface area contributed by atoms with Crippen LogP contribution in [0.25, 0.3) is 0 Å². The molecule has 2 aromatic rings. The SMILES string of the molecule is CC(C)C[C@H](NC(=O)CNC(=O)[C@H](CCC(N)=O)NC(=O)[C@H](Cc1ccc(O)cc1)NC(=O)[C@@H](NC(=O)[C@H](Cc1ccc(O)cc1)NC(=O)CNC(=O)[C@@H](N)CCCCN)C(C)C)C(=O)O. The number of nitrogens with one attached hydrogen (secondary N) is 7. The van der Waals surface area contributed by atoms with Crippen molar-refractivity contribution in [1.29, 1.82) is 0 Å². The van der Waals surface area contributed by atoms with Gasteiger partial charge in [-0.05, 0) is 79.5 Å². The number of amides is 8. The first kappa shape index (κ1) is 55.3. The van der Waals surface area contributed by atoms with Crippen LogP contribution in [0.4, 0.5) is 0 Å². The zero-order valence-corrected chi connectivity index (χ0v) is 37.8. The van der Waals surface area contributed by atoms with E-state index in [-0.39, 0.29) is 49.5 Å². The van der Waals surface area contributed by atoms with Gasteiger partial charge in [0.2, 0.25) is 47.3 Å². The number of unbranched alkanes of at least 4 members (excludes halogenated alkanes) is 1. The van der Waals surface area contributed by atoms with E-state index in [0.717, 1.165) is 0 Å². The van der Waals surface area contributed by atoms with Gasteiger partial charge in [-0.2, -0.15) is 0 Å². The number of phenolic OH excluding ortho intramolecular Hbond substituents is 2. The second kappa shape index (κ2) is 28.2. The Morgan fingerprint density at radius 1 is 0.576 bits per heavy atom. The lowest BCUT2D eigenvalue weighted by Gasteiger charge is -2.28. The van der Waals surface area contributed by atoms with E-state index in [2.05, 4.69) is 37.2 Å². The van der Waals surface area contributed by atoms with E-state index >= 15 is 0 Å². The molecule has 0 saturated carbocycles. The molecule has 66 heavy (non-hydrogen) atoms. The van der Waals surface area contributed by atoms with Gasteiger partial charge in [0.05, 0.1) is 19.1 Å². The molecule has 22 heteroatoms. The van der Waals surface area contributed by atoms with E-state index < -0.39 is 108 Å². The number of nitrogens with two attached hydrogens (primary N) is 3. The summed E-state index contributed by atoms with van der Waals surface area (Å²) in [7, 11) is 0. The van der Waals surface area contributed by atoms with Gasteiger partial charge in [0.15, 0.2) is 0 Å². The fourth-order valence-electron chi connectivity index (χ4n) is 6.44. The van der Waals surface area contributed by atoms with Gasteiger partial charge in [0.25, 0.3) is 0 Å². The zero-order chi connectivity index (χ0) is 49.5. The third kappa shape index (κ3) is 20.8. The van der Waals surface area contributed by atoms with Gasteiger partial charge in [0, 0.05) is 19.3 Å². The lowest BCUT2D eigenvalue weighted by molar-refractivity contribution is -0.142. The minimum absolute atomic E-state index is 0.0489. The van der Waals surface area contributed by atoms with E-state index in [1.807, 2.05) is 0 Å². The van der Waals surface area contributed by atoms with E-state index in [0.29, 0.717) is 36.9 Å². The first-order valence-electron chi connectivity index (χ1n) is 21.7. The van der Waals surface area contributed by atoms with Crippen molar-refractivity contribution in [3.63, 3.8) is 0 Å². The fraction of sp³-hybridized carbons (Fsp3) is 0.523. The van der Waals surface area contributed by atoms with Crippen LogP contribution in [-0.4, -0.2) is 124 Å². The van der Waals surface area contributed by atoms with Gasteiger partial charge in [-0.3, -0.25) is 38.4 Å². The third-order valence-corrected chi connectivity index (χ3v) is 10.1. The summed E-state index contributed by atoms with van der Waals surface area (Å²) in [6.07, 6.45) is 0.690. The topological polar surface area (TPSA) is 377 Å². The number of carboxylic acid groups (broad SMARTS) is 1. The first-order valence-corrected chi connectivity index (χ1v) is 21.7. The molecule has 0 aliphatic heterocycles. The molecule has 0 aliphatic carbocycles. The number of benzene rings is 2. The van der Waals surface area contributed by atoms with Crippen LogP contribution >= 0.6 is 0 Å². The molecule has 364 valence electrons. The maximum absolute atomic E-state index is 14.1. The molecule has 0 aliphatic rings. The Hall–Kier alpha value is -6.81. The lowest BCUT2D eigenvalue weighted by atomic mass is 9.99. The van der Waals surface area contributed by atoms with Crippen LogP contribution in [-0.2, 0) is 56.0 Å². The smallest absolute Gasteiger partial charge is 0.326 e. The highest BCUT2D eigenvalue weighted by Gasteiger charge is 2.34. The normalized spacial score (nSPS) is 13.8. The van der Waals surface area contributed by atoms with Gasteiger partial charge in [0.1, 0.15) is 41.7 Å². The second-order valence-electron chi connectivity index (χ2n) is 16.6. The van der Waals surface area contributed by atoms with Crippen LogP contribution < -0.4 is 54.4 Å². The molecule has 0 heterocycles. The molecular formula is C44H66N10O12. The van der Waals surface area contributed by atoms with Crippen LogP contribution in [0.1, 0.15) is 77.3 Å². The summed E-state index contributed by atoms with van der Waals surface area (Å²) < 4.78 is 0. The van der Waals surface area contributed by atoms with Crippen molar-refractivity contribution in [3.05, 3.63) is 59.7 Å². The molecular weight excluding hydrogens is 861 g/mol. The minimum atomic E-state index is -1.48. The van der Waals surface area contributed by atoms with Crippen molar-refractivity contribution >= 4 is 53.2 Å². The Labute approximate surface area is 383 Å². The number of phenols is 2. The van der Waals surface area contributed by atoms with Crippen LogP contribution in [0.15, 0.2) is 48.5 Å². The number of rotatable bonds is 29. The lowest BCUT2D eigenvalue weighted by Crippen LogP contribution is -2.60. The largest absolute Gasteiger partial charge is 0.508 e. The van der Waals surface area contributed by atoms with E-state index in [1.54, 1.807) is 27.7 Å². The third-order valence-electron chi connectivity index (χ3n) is 10.1. The molecule has 6 atom stereocenters. The summed E-state index contributed by atoms with van der Waals surface area (Å²) >= 11 is 0. The first-order chi connectivity index (χ1) is 31.1. The van der Waals surface area contributed by atoms with Crippen molar-refractivity contribution in [2.45, 2.75) is 115 Å². The van der Waals surface area contributed by atoms with Gasteiger partial charge in [-0.25, -0.2) is 4.79 Å². The fourth-order valence-corrected chi connectivity index (χ4v) is 6.44. The summed E-state index contributed by atoms with van der Waals surface area (Å²) in [5, 5.41) is 46.6. The number of aromatic hydroxyl groups is 2. The maximum atomic E-state index is 14.1. The summed E-state index contributed by atoms with van der Waals surface area (Å²) in [5.41, 5.74) is 17.7. The van der Waals surface area contributed by atoms with Crippen molar-refractivity contribution in [1.82, 2.24) is 37.2 Å². The average Bonchev–Trinajstić information content (AvgIpc) is 3.25. The van der Waals surface area contributed by atoms with Crippen molar-refractivity contribution in [2.24, 2.45) is 29.0 Å². The molecule has 0 bridgehead atoms. The number of carboxylic acids is 1. The quantitative estimate of drug-likeness (QED) is 0.0395. The molecule has 0 fully saturated rings. The van der Waals surface area contributed by atoms with Crippen LogP contribution in [0.5, 0.6) is 11.5 Å². The van der Waals surface area contributed by atoms with Crippen molar-refractivity contribution in [3.8, 4) is 11.5 Å². The van der Waals surface area contributed by atoms with E-state index in [9.17, 15) is 58.5 Å². The summed E-state index contributed by atoms with van der Waals surface area (Å²) in [5.74, 6) is -8.62. The number of carbonyl (C=O) groups is 9. The Kier molecular flexibility index (Phi) is 23.6. The molecule has 8 amide bonds. The number of primary amides is 1. The number of carbonyl (C=O) groups excluding carboxylic acids is 8. The highest BCUT2D eigenvalue weighted by atomic mass is 16.4. The predicted octanol–water partition coefficient (Wildman–Crippen LogP) is -1.95. The van der Waals surface area contributed by atoms with Gasteiger partial charge >= 0.3 is 5.97 Å². The minimum Gasteiger partial charge on any atom is -0.508 e. The molecule has 0 aromatic heterocycles. The maximum Gasteiger partial charge on any atom is 0.326 e. The van der Waals surface area contributed by atoms with E-state index in [4.69, 9.17) is 17.2 Å². The molecule has 16 N–H and O–H groups in total. The van der Waals surface area contributed by atoms with Crippen LogP contribution in [0.3, 0.4) is 0 Å². The number of hydrogen-bond donors (Lipinski definition) is 13. The van der Waals surface area contributed by atoms with Gasteiger partial charge < -0.3 is 69.7 Å². The highest BCUT2D eigenvalue weighted by molar-refractivity contribution is 5.97. The predicted molar refractivity (Wildman–Crippen MR) is 241 cm³/mol. The van der Waals surface area contributed by atoms with Gasteiger partial charge in [-0.1, -0.05) is 58.4 Å². The molecule has 0 unspecified atom stereocenters. The van der Waals surface area contributed by atoms with Crippen molar-refractivity contribution < 1.29 is 58.5 Å². The number of aliphatic carboxylic acids is 1.